The molecule has 0 spiro atoms. The van der Waals surface area contributed by atoms with Crippen molar-refractivity contribution < 1.29 is 13.9 Å². The molecule has 6 nitrogen and oxygen atoms in total. The van der Waals surface area contributed by atoms with E-state index in [-0.39, 0.29) is 11.3 Å². The molecule has 0 unspecified atom stereocenters. The van der Waals surface area contributed by atoms with Gasteiger partial charge < -0.3 is 4.74 Å². The van der Waals surface area contributed by atoms with Gasteiger partial charge in [-0.25, -0.2) is 9.37 Å². The summed E-state index contributed by atoms with van der Waals surface area (Å²) in [5, 5.41) is 0.404. The van der Waals surface area contributed by atoms with Gasteiger partial charge in [-0.3, -0.25) is 18.7 Å². The first-order valence-corrected chi connectivity index (χ1v) is 14.4. The Morgan fingerprint density at radius 2 is 1.72 bits per heavy atom. The topological polar surface area (TPSA) is 66.1 Å². The first-order valence-electron chi connectivity index (χ1n) is 12.1. The molecular weight excluding hydrogens is 554 g/mol. The quantitative estimate of drug-likeness (QED) is 0.0843. The molecule has 39 heavy (non-hydrogen) atoms. The van der Waals surface area contributed by atoms with E-state index in [1.54, 1.807) is 37.4 Å². The molecule has 0 radical (unpaired) electrons. The Kier molecular flexibility index (Phi) is 7.79. The van der Waals surface area contributed by atoms with Gasteiger partial charge in [0.25, 0.3) is 5.56 Å². The fourth-order valence-corrected chi connectivity index (χ4v) is 6.50. The average Bonchev–Trinajstić information content (AvgIpc) is 3.28. The van der Waals surface area contributed by atoms with E-state index < -0.39 is 5.82 Å². The van der Waals surface area contributed by atoms with Crippen LogP contribution in [-0.4, -0.2) is 27.0 Å². The van der Waals surface area contributed by atoms with Crippen LogP contribution in [0.15, 0.2) is 76.7 Å². The molecule has 0 saturated carbocycles. The lowest BCUT2D eigenvalue weighted by Gasteiger charge is -2.14. The number of carbonyl (C=O) groups excluding carboxylic acids is 1. The van der Waals surface area contributed by atoms with Gasteiger partial charge in [-0.1, -0.05) is 42.2 Å². The van der Waals surface area contributed by atoms with E-state index in [2.05, 4.69) is 6.92 Å². The van der Waals surface area contributed by atoms with E-state index in [0.717, 1.165) is 17.7 Å². The van der Waals surface area contributed by atoms with Gasteiger partial charge in [0.1, 0.15) is 16.3 Å². The number of halogens is 1. The smallest absolute Gasteiger partial charge is 0.278 e. The molecule has 10 heteroatoms. The number of fused-ring (bicyclic) bond motifs is 1. The number of carbonyl (C=O) groups is 1. The third-order valence-corrected chi connectivity index (χ3v) is 8.65. The Labute approximate surface area is 237 Å². The van der Waals surface area contributed by atoms with E-state index in [4.69, 9.17) is 21.9 Å². The number of thioether (sulfide) groups is 1. The second-order valence-corrected chi connectivity index (χ2v) is 11.3. The molecule has 3 aromatic carbocycles. The Morgan fingerprint density at radius 3 is 2.36 bits per heavy atom. The molecule has 0 aliphatic heterocycles. The lowest BCUT2D eigenvalue weighted by molar-refractivity contribution is 0.101. The number of hydrogen-bond acceptors (Lipinski definition) is 7. The largest absolute Gasteiger partial charge is 0.496 e. The van der Waals surface area contributed by atoms with Gasteiger partial charge in [0.05, 0.1) is 12.8 Å². The van der Waals surface area contributed by atoms with Gasteiger partial charge in [0.2, 0.25) is 0 Å². The zero-order valence-electron chi connectivity index (χ0n) is 21.4. The van der Waals surface area contributed by atoms with Crippen LogP contribution < -0.4 is 10.3 Å². The number of benzene rings is 3. The first kappa shape index (κ1) is 27.0. The maximum absolute atomic E-state index is 13.9. The van der Waals surface area contributed by atoms with Crippen molar-refractivity contribution in [2.24, 2.45) is 0 Å². The van der Waals surface area contributed by atoms with Crippen LogP contribution in [-0.2, 0) is 12.2 Å². The number of Topliss-reactive ketones (excluding diaryl/α,β-unsaturated/α-hetero) is 1. The van der Waals surface area contributed by atoms with E-state index in [1.165, 1.54) is 52.3 Å². The predicted octanol–water partition coefficient (Wildman–Crippen LogP) is 7.17. The molecule has 198 valence electrons. The van der Waals surface area contributed by atoms with E-state index >= 15 is 0 Å². The molecule has 0 saturated heterocycles. The van der Waals surface area contributed by atoms with Crippen LogP contribution >= 0.6 is 35.3 Å². The number of nitrogens with zero attached hydrogens (tertiary/aromatic N) is 3. The standard InChI is InChI=1S/C29H24FN3O3S3/c1-4-18-5-10-22(11-6-18)32-26-25(39-29(32)37)27(35)33(23-12-8-21(30)9-13-23)28(31-26)38-16-20-15-19(17(2)34)7-14-24(20)36-3/h5-15H,4,16H2,1-3H3. The van der Waals surface area contributed by atoms with Crippen LogP contribution in [0.2, 0.25) is 0 Å². The summed E-state index contributed by atoms with van der Waals surface area (Å²) < 4.78 is 23.5. The summed E-state index contributed by atoms with van der Waals surface area (Å²) in [6, 6.07) is 19.0. The highest BCUT2D eigenvalue weighted by atomic mass is 32.2. The highest BCUT2D eigenvalue weighted by molar-refractivity contribution is 7.98. The van der Waals surface area contributed by atoms with E-state index in [9.17, 15) is 14.0 Å². The molecule has 0 atom stereocenters. The van der Waals surface area contributed by atoms with Crippen molar-refractivity contribution in [3.05, 3.63) is 104 Å². The molecule has 5 aromatic rings. The van der Waals surface area contributed by atoms with Gasteiger partial charge in [0, 0.05) is 22.6 Å². The Hall–Kier alpha value is -3.60. The molecule has 0 fully saturated rings. The summed E-state index contributed by atoms with van der Waals surface area (Å²) in [5.74, 6) is 0.536. The zero-order chi connectivity index (χ0) is 27.7. The normalized spacial score (nSPS) is 11.2. The summed E-state index contributed by atoms with van der Waals surface area (Å²) in [5.41, 5.74) is 4.01. The predicted molar refractivity (Wildman–Crippen MR) is 157 cm³/mol. The lowest BCUT2D eigenvalue weighted by atomic mass is 10.1. The summed E-state index contributed by atoms with van der Waals surface area (Å²) in [7, 11) is 1.57. The lowest BCUT2D eigenvalue weighted by Crippen LogP contribution is -2.21. The number of ketones is 1. The van der Waals surface area contributed by atoms with Crippen molar-refractivity contribution in [1.82, 2.24) is 14.1 Å². The minimum atomic E-state index is -0.404. The number of thiazole rings is 1. The van der Waals surface area contributed by atoms with Crippen molar-refractivity contribution in [2.75, 3.05) is 7.11 Å². The molecule has 0 aliphatic rings. The van der Waals surface area contributed by atoms with Crippen LogP contribution in [0.5, 0.6) is 5.75 Å². The van der Waals surface area contributed by atoms with Crippen LogP contribution in [0, 0.1) is 9.77 Å². The Morgan fingerprint density at radius 1 is 1.05 bits per heavy atom. The minimum Gasteiger partial charge on any atom is -0.496 e. The number of aromatic nitrogens is 3. The zero-order valence-corrected chi connectivity index (χ0v) is 23.9. The maximum Gasteiger partial charge on any atom is 0.278 e. The molecular formula is C29H24FN3O3S3. The second-order valence-electron chi connectivity index (χ2n) is 8.76. The molecule has 0 N–H and O–H groups in total. The minimum absolute atomic E-state index is 0.0574. The Bertz CT molecular complexity index is 1810. The Balaban J connectivity index is 1.69. The third kappa shape index (κ3) is 5.32. The maximum atomic E-state index is 13.9. The highest BCUT2D eigenvalue weighted by Gasteiger charge is 2.20. The van der Waals surface area contributed by atoms with Crippen LogP contribution in [0.4, 0.5) is 4.39 Å². The van der Waals surface area contributed by atoms with Crippen molar-refractivity contribution in [3.8, 4) is 17.1 Å². The fourth-order valence-electron chi connectivity index (χ4n) is 4.21. The number of methoxy groups -OCH3 is 1. The summed E-state index contributed by atoms with van der Waals surface area (Å²) in [4.78, 5) is 30.8. The summed E-state index contributed by atoms with van der Waals surface area (Å²) in [6.07, 6.45) is 0.909. The van der Waals surface area contributed by atoms with Crippen molar-refractivity contribution in [1.29, 1.82) is 0 Å². The van der Waals surface area contributed by atoms with E-state index in [0.29, 0.717) is 42.2 Å². The van der Waals surface area contributed by atoms with Crippen molar-refractivity contribution >= 4 is 51.4 Å². The first-order chi connectivity index (χ1) is 18.8. The molecule has 0 amide bonds. The second kappa shape index (κ2) is 11.3. The molecule has 0 aliphatic carbocycles. The van der Waals surface area contributed by atoms with Gasteiger partial charge in [0.15, 0.2) is 20.5 Å². The van der Waals surface area contributed by atoms with Gasteiger partial charge >= 0.3 is 0 Å². The van der Waals surface area contributed by atoms with Gasteiger partial charge in [-0.05, 0) is 85.7 Å². The molecule has 5 rings (SSSR count). The monoisotopic (exact) mass is 577 g/mol. The third-order valence-electron chi connectivity index (χ3n) is 6.31. The summed E-state index contributed by atoms with van der Waals surface area (Å²) in [6.45, 7) is 3.60. The number of aryl methyl sites for hydroxylation is 1. The van der Waals surface area contributed by atoms with Crippen LogP contribution in [0.3, 0.4) is 0 Å². The van der Waals surface area contributed by atoms with E-state index in [1.807, 2.05) is 28.8 Å². The SMILES string of the molecule is CCc1ccc(-n2c(=S)sc3c(=O)n(-c4ccc(F)cc4)c(SCc4cc(C(C)=O)ccc4OC)nc32)cc1. The van der Waals surface area contributed by atoms with Gasteiger partial charge in [-0.2, -0.15) is 0 Å². The van der Waals surface area contributed by atoms with Crippen molar-refractivity contribution in [3.63, 3.8) is 0 Å². The van der Waals surface area contributed by atoms with Crippen molar-refractivity contribution in [2.45, 2.75) is 31.2 Å². The van der Waals surface area contributed by atoms with Gasteiger partial charge in [-0.15, -0.1) is 0 Å². The number of ether oxygens (including phenoxy) is 1. The van der Waals surface area contributed by atoms with Crippen LogP contribution in [0.1, 0.15) is 35.3 Å². The molecule has 2 heterocycles. The number of hydrogen-bond donors (Lipinski definition) is 0. The fraction of sp³-hybridized carbons (Fsp3) is 0.172. The molecule has 0 bridgehead atoms. The summed E-state index contributed by atoms with van der Waals surface area (Å²) >= 11 is 8.20. The molecule has 2 aromatic heterocycles. The van der Waals surface area contributed by atoms with Crippen LogP contribution in [0.25, 0.3) is 21.7 Å². The average molecular weight is 578 g/mol. The highest BCUT2D eigenvalue weighted by Crippen LogP contribution is 2.32. The number of rotatable bonds is 8.